The second-order valence-corrected chi connectivity index (χ2v) is 7.16. The summed E-state index contributed by atoms with van der Waals surface area (Å²) in [5.74, 6) is 0. The minimum absolute atomic E-state index is 0.255. The zero-order valence-corrected chi connectivity index (χ0v) is 10.7. The zero-order chi connectivity index (χ0) is 11.5. The van der Waals surface area contributed by atoms with Crippen LogP contribution in [0, 0.1) is 11.3 Å². The molecule has 0 radical (unpaired) electrons. The minimum Gasteiger partial charge on any atom is -0.242 e. The number of hydrogen-bond donors (Lipinski definition) is 1. The van der Waals surface area contributed by atoms with Gasteiger partial charge in [-0.1, -0.05) is 0 Å². The Balaban J connectivity index is 2.52. The highest BCUT2D eigenvalue weighted by Gasteiger charge is 2.18. The molecule has 5 heteroatoms. The lowest BCUT2D eigenvalue weighted by molar-refractivity contribution is 0.635. The second-order valence-electron chi connectivity index (χ2n) is 4.12. The van der Waals surface area contributed by atoms with Crippen molar-refractivity contribution in [3.8, 4) is 6.07 Å². The van der Waals surface area contributed by atoms with Gasteiger partial charge in [-0.25, -0.2) is 8.93 Å². The molecule has 0 unspecified atom stereocenters. The monoisotopic (exact) mass is 242 g/mol. The highest BCUT2D eigenvalue weighted by atomic mass is 32.2. The van der Waals surface area contributed by atoms with Crippen LogP contribution < -0.4 is 4.72 Å². The molecule has 0 saturated carbocycles. The van der Waals surface area contributed by atoms with E-state index in [9.17, 15) is 4.21 Å². The first-order valence-corrected chi connectivity index (χ1v) is 6.59. The first-order chi connectivity index (χ1) is 6.93. The maximum Gasteiger partial charge on any atom is 0.100 e. The van der Waals surface area contributed by atoms with E-state index in [-0.39, 0.29) is 4.75 Å². The zero-order valence-electron chi connectivity index (χ0n) is 9.03. The highest BCUT2D eigenvalue weighted by Crippen LogP contribution is 2.15. The van der Waals surface area contributed by atoms with Gasteiger partial charge in [0.25, 0.3) is 0 Å². The van der Waals surface area contributed by atoms with Crippen LogP contribution in [0.2, 0.25) is 0 Å². The fourth-order valence-corrected chi connectivity index (χ4v) is 2.45. The van der Waals surface area contributed by atoms with E-state index in [0.29, 0.717) is 12.1 Å². The van der Waals surface area contributed by atoms with Crippen LogP contribution in [0.1, 0.15) is 31.2 Å². The quantitative estimate of drug-likeness (QED) is 0.883. The van der Waals surface area contributed by atoms with Crippen LogP contribution in [0.25, 0.3) is 0 Å². The van der Waals surface area contributed by atoms with Crippen LogP contribution in [0.4, 0.5) is 0 Å². The molecule has 0 saturated heterocycles. The summed E-state index contributed by atoms with van der Waals surface area (Å²) in [7, 11) is -1.06. The van der Waals surface area contributed by atoms with E-state index in [1.165, 1.54) is 11.3 Å². The van der Waals surface area contributed by atoms with Crippen LogP contribution in [-0.4, -0.2) is 8.96 Å². The van der Waals surface area contributed by atoms with Crippen LogP contribution in [0.5, 0.6) is 0 Å². The van der Waals surface area contributed by atoms with E-state index >= 15 is 0 Å². The molecule has 1 N–H and O–H groups in total. The smallest absolute Gasteiger partial charge is 0.100 e. The Bertz CT molecular complexity index is 398. The molecule has 0 spiro atoms. The molecule has 1 aromatic heterocycles. The molecule has 1 aromatic rings. The summed E-state index contributed by atoms with van der Waals surface area (Å²) in [6.07, 6.45) is 0. The Morgan fingerprint density at radius 3 is 2.73 bits per heavy atom. The highest BCUT2D eigenvalue weighted by molar-refractivity contribution is 7.84. The van der Waals surface area contributed by atoms with Crippen LogP contribution >= 0.6 is 11.3 Å². The average molecular weight is 242 g/mol. The van der Waals surface area contributed by atoms with Crippen molar-refractivity contribution in [1.29, 1.82) is 5.26 Å². The summed E-state index contributed by atoms with van der Waals surface area (Å²) in [6.45, 7) is 6.32. The Kier molecular flexibility index (Phi) is 4.03. The SMILES string of the molecule is CC(C)(C)[S@](=O)NCc1cc(C#N)cs1. The number of hydrogen-bond acceptors (Lipinski definition) is 3. The van der Waals surface area contributed by atoms with Crippen LogP contribution in [-0.2, 0) is 17.5 Å². The van der Waals surface area contributed by atoms with Gasteiger partial charge in [0.1, 0.15) is 6.07 Å². The summed E-state index contributed by atoms with van der Waals surface area (Å²) in [4.78, 5) is 1.03. The number of nitriles is 1. The number of thiophene rings is 1. The molecular weight excluding hydrogens is 228 g/mol. The van der Waals surface area contributed by atoms with Crippen LogP contribution in [0.3, 0.4) is 0 Å². The lowest BCUT2D eigenvalue weighted by atomic mass is 10.3. The summed E-state index contributed by atoms with van der Waals surface area (Å²) < 4.78 is 14.3. The summed E-state index contributed by atoms with van der Waals surface area (Å²) in [5, 5.41) is 10.4. The van der Waals surface area contributed by atoms with Crippen molar-refractivity contribution in [3.63, 3.8) is 0 Å². The fourth-order valence-electron chi connectivity index (χ4n) is 0.885. The summed E-state index contributed by atoms with van der Waals surface area (Å²) in [5.41, 5.74) is 0.665. The van der Waals surface area contributed by atoms with Crippen molar-refractivity contribution in [2.24, 2.45) is 0 Å². The third-order valence-electron chi connectivity index (χ3n) is 1.72. The molecule has 0 aromatic carbocycles. The van der Waals surface area contributed by atoms with E-state index < -0.39 is 11.0 Å². The maximum atomic E-state index is 11.7. The van der Waals surface area contributed by atoms with Gasteiger partial charge in [-0.15, -0.1) is 11.3 Å². The molecule has 0 aliphatic rings. The second kappa shape index (κ2) is 4.88. The molecule has 3 nitrogen and oxygen atoms in total. The van der Waals surface area contributed by atoms with Gasteiger partial charge in [-0.3, -0.25) is 0 Å². The van der Waals surface area contributed by atoms with E-state index in [1.54, 1.807) is 5.38 Å². The molecule has 1 heterocycles. The van der Waals surface area contributed by atoms with Crippen molar-refractivity contribution >= 4 is 22.3 Å². The molecule has 0 bridgehead atoms. The summed E-state index contributed by atoms with van der Waals surface area (Å²) >= 11 is 1.51. The van der Waals surface area contributed by atoms with E-state index in [2.05, 4.69) is 10.8 Å². The predicted molar refractivity (Wildman–Crippen MR) is 63.8 cm³/mol. The normalized spacial score (nSPS) is 13.5. The Labute approximate surface area is 96.7 Å². The van der Waals surface area contributed by atoms with E-state index in [4.69, 9.17) is 5.26 Å². The molecule has 0 amide bonds. The van der Waals surface area contributed by atoms with Crippen molar-refractivity contribution in [2.45, 2.75) is 32.1 Å². The van der Waals surface area contributed by atoms with Gasteiger partial charge >= 0.3 is 0 Å². The first kappa shape index (κ1) is 12.4. The van der Waals surface area contributed by atoms with Gasteiger partial charge in [0, 0.05) is 16.8 Å². The van der Waals surface area contributed by atoms with Gasteiger partial charge in [0.15, 0.2) is 0 Å². The third-order valence-corrected chi connectivity index (χ3v) is 4.17. The Morgan fingerprint density at radius 1 is 1.60 bits per heavy atom. The Morgan fingerprint density at radius 2 is 2.27 bits per heavy atom. The largest absolute Gasteiger partial charge is 0.242 e. The molecule has 1 rings (SSSR count). The maximum absolute atomic E-state index is 11.7. The Hall–Kier alpha value is -0.700. The minimum atomic E-state index is -1.06. The van der Waals surface area contributed by atoms with Gasteiger partial charge < -0.3 is 0 Å². The molecule has 0 fully saturated rings. The van der Waals surface area contributed by atoms with E-state index in [0.717, 1.165) is 4.88 Å². The third kappa shape index (κ3) is 3.74. The number of rotatable bonds is 3. The molecule has 1 atom stereocenters. The van der Waals surface area contributed by atoms with Crippen molar-refractivity contribution in [3.05, 3.63) is 21.9 Å². The molecule has 82 valence electrons. The lowest BCUT2D eigenvalue weighted by Crippen LogP contribution is -2.32. The van der Waals surface area contributed by atoms with Gasteiger partial charge in [-0.05, 0) is 26.8 Å². The fraction of sp³-hybridized carbons (Fsp3) is 0.500. The topological polar surface area (TPSA) is 52.9 Å². The standard InChI is InChI=1S/C10H14N2OS2/c1-10(2,3)15(13)12-6-9-4-8(5-11)7-14-9/h4,7,12H,6H2,1-3H3/t15-/m0/s1. The average Bonchev–Trinajstić information content (AvgIpc) is 2.60. The van der Waals surface area contributed by atoms with Gasteiger partial charge in [0.05, 0.1) is 21.3 Å². The van der Waals surface area contributed by atoms with Crippen LogP contribution in [0.15, 0.2) is 11.4 Å². The van der Waals surface area contributed by atoms with Crippen molar-refractivity contribution in [1.82, 2.24) is 4.72 Å². The molecule has 15 heavy (non-hydrogen) atoms. The summed E-state index contributed by atoms with van der Waals surface area (Å²) in [6, 6.07) is 3.89. The molecular formula is C10H14N2OS2. The van der Waals surface area contributed by atoms with Crippen molar-refractivity contribution in [2.75, 3.05) is 0 Å². The number of nitrogens with zero attached hydrogens (tertiary/aromatic N) is 1. The number of nitrogens with one attached hydrogen (secondary N) is 1. The first-order valence-electron chi connectivity index (χ1n) is 4.56. The predicted octanol–water partition coefficient (Wildman–Crippen LogP) is 2.17. The van der Waals surface area contributed by atoms with Gasteiger partial charge in [0.2, 0.25) is 0 Å². The van der Waals surface area contributed by atoms with E-state index in [1.807, 2.05) is 26.8 Å². The lowest BCUT2D eigenvalue weighted by Gasteiger charge is -2.17. The molecule has 0 aliphatic carbocycles. The molecule has 0 aliphatic heterocycles. The van der Waals surface area contributed by atoms with Crippen molar-refractivity contribution < 1.29 is 4.21 Å². The van der Waals surface area contributed by atoms with Gasteiger partial charge in [-0.2, -0.15) is 5.26 Å².